The summed E-state index contributed by atoms with van der Waals surface area (Å²) in [5.74, 6) is -0.216. The summed E-state index contributed by atoms with van der Waals surface area (Å²) < 4.78 is 5.28. The van der Waals surface area contributed by atoms with E-state index in [0.717, 1.165) is 12.8 Å². The summed E-state index contributed by atoms with van der Waals surface area (Å²) in [4.78, 5) is 47.3. The zero-order chi connectivity index (χ0) is 24.0. The molecule has 1 atom stereocenters. The molecule has 1 aliphatic rings. The van der Waals surface area contributed by atoms with Gasteiger partial charge in [-0.05, 0) is 44.6 Å². The van der Waals surface area contributed by atoms with Gasteiger partial charge in [-0.1, -0.05) is 30.3 Å². The number of amides is 3. The van der Waals surface area contributed by atoms with Crippen LogP contribution >= 0.6 is 0 Å². The number of benzene rings is 1. The van der Waals surface area contributed by atoms with Crippen LogP contribution < -0.4 is 10.6 Å². The first-order valence-electron chi connectivity index (χ1n) is 10.8. The Labute approximate surface area is 189 Å². The molecule has 0 bridgehead atoms. The average Bonchev–Trinajstić information content (AvgIpc) is 2.78. The first-order valence-corrected chi connectivity index (χ1v) is 10.8. The van der Waals surface area contributed by atoms with Gasteiger partial charge in [-0.15, -0.1) is 0 Å². The maximum absolute atomic E-state index is 12.8. The molecule has 3 N–H and O–H groups in total. The van der Waals surface area contributed by atoms with Crippen LogP contribution in [0.5, 0.6) is 0 Å². The minimum Gasteiger partial charge on any atom is -0.483 e. The third-order valence-corrected chi connectivity index (χ3v) is 5.38. The first-order chi connectivity index (χ1) is 15.2. The van der Waals surface area contributed by atoms with Crippen LogP contribution in [0.15, 0.2) is 30.3 Å². The summed E-state index contributed by atoms with van der Waals surface area (Å²) in [6.45, 7) is 4.44. The molecular weight excluding hydrogens is 414 g/mol. The van der Waals surface area contributed by atoms with Gasteiger partial charge in [-0.2, -0.15) is 0 Å². The number of carbonyl (C=O) groups excluding carboxylic acids is 3. The zero-order valence-corrected chi connectivity index (χ0v) is 19.1. The summed E-state index contributed by atoms with van der Waals surface area (Å²) in [5, 5.41) is 12.7. The van der Waals surface area contributed by atoms with E-state index < -0.39 is 5.60 Å². The smallest absolute Gasteiger partial charge is 0.290 e. The molecule has 1 aromatic carbocycles. The van der Waals surface area contributed by atoms with Crippen LogP contribution in [0, 0.1) is 0 Å². The number of carboxylic acid groups (broad SMARTS) is 1. The van der Waals surface area contributed by atoms with E-state index >= 15 is 0 Å². The third kappa shape index (κ3) is 9.47. The molecule has 3 amide bonds. The summed E-state index contributed by atoms with van der Waals surface area (Å²) in [6.07, 6.45) is 2.48. The summed E-state index contributed by atoms with van der Waals surface area (Å²) >= 11 is 0. The predicted molar refractivity (Wildman–Crippen MR) is 120 cm³/mol. The number of carbonyl (C=O) groups is 4. The van der Waals surface area contributed by atoms with Crippen LogP contribution in [0.3, 0.4) is 0 Å². The van der Waals surface area contributed by atoms with Gasteiger partial charge >= 0.3 is 0 Å². The number of hydrogen-bond acceptors (Lipinski definition) is 5. The summed E-state index contributed by atoms with van der Waals surface area (Å²) in [6, 6.07) is 10.1. The van der Waals surface area contributed by atoms with Crippen LogP contribution in [0.2, 0.25) is 0 Å². The van der Waals surface area contributed by atoms with Gasteiger partial charge in [0.05, 0.1) is 6.54 Å². The lowest BCUT2D eigenvalue weighted by Crippen LogP contribution is -2.50. The monoisotopic (exact) mass is 449 g/mol. The van der Waals surface area contributed by atoms with Crippen molar-refractivity contribution in [1.29, 1.82) is 0 Å². The Bertz CT molecular complexity index is 739. The highest BCUT2D eigenvalue weighted by Gasteiger charge is 2.32. The fourth-order valence-electron chi connectivity index (χ4n) is 3.43. The van der Waals surface area contributed by atoms with Crippen LogP contribution in [-0.2, 0) is 23.9 Å². The van der Waals surface area contributed by atoms with Crippen molar-refractivity contribution in [3.63, 3.8) is 0 Å². The Morgan fingerprint density at radius 1 is 1.12 bits per heavy atom. The zero-order valence-electron chi connectivity index (χ0n) is 19.1. The minimum absolute atomic E-state index is 0.0159. The number of nitrogens with one attached hydrogen (secondary N) is 2. The second kappa shape index (κ2) is 14.2. The van der Waals surface area contributed by atoms with Crippen LogP contribution in [-0.4, -0.2) is 73.1 Å². The number of rotatable bonds is 3. The molecule has 1 fully saturated rings. The fourth-order valence-corrected chi connectivity index (χ4v) is 3.43. The van der Waals surface area contributed by atoms with Crippen molar-refractivity contribution < 1.29 is 29.0 Å². The van der Waals surface area contributed by atoms with Gasteiger partial charge in [0, 0.05) is 33.2 Å². The van der Waals surface area contributed by atoms with E-state index in [1.807, 2.05) is 18.2 Å². The quantitative estimate of drug-likeness (QED) is 0.601. The number of nitrogens with zero attached hydrogens (tertiary/aromatic N) is 1. The number of hydrogen-bond donors (Lipinski definition) is 3. The number of methoxy groups -OCH3 is 1. The van der Waals surface area contributed by atoms with E-state index in [-0.39, 0.29) is 36.7 Å². The number of ether oxygens (including phenoxy) is 1. The largest absolute Gasteiger partial charge is 0.483 e. The Kier molecular flexibility index (Phi) is 12.0. The standard InChI is InChI=1S/C22H33N3O4.CH2O2/c1-22(2,29-3)21(28)25-15-7-13-23-19(26)11-10-18(12-14-24-20(27)16-25)17-8-5-4-6-9-17;2-1-3/h4-6,8-9,18H,7,10-16H2,1-3H3,(H,23,26)(H,24,27);1H,(H,2,3). The van der Waals surface area contributed by atoms with E-state index in [0.29, 0.717) is 32.5 Å². The molecule has 9 heteroatoms. The molecule has 1 heterocycles. The maximum atomic E-state index is 12.8. The fraction of sp³-hybridized carbons (Fsp3) is 0.565. The summed E-state index contributed by atoms with van der Waals surface area (Å²) in [5.41, 5.74) is 0.160. The SMILES string of the molecule is COC(C)(C)C(=O)N1CCCNC(=O)CCC(c2ccccc2)CCNC(=O)C1.O=CO. The topological polar surface area (TPSA) is 125 Å². The van der Waals surface area contributed by atoms with Crippen LogP contribution in [0.25, 0.3) is 0 Å². The normalized spacial score (nSPS) is 18.8. The third-order valence-electron chi connectivity index (χ3n) is 5.38. The Morgan fingerprint density at radius 2 is 1.75 bits per heavy atom. The van der Waals surface area contributed by atoms with Crippen molar-refractivity contribution >= 4 is 24.2 Å². The van der Waals surface area contributed by atoms with Crippen molar-refractivity contribution in [2.45, 2.75) is 51.0 Å². The highest BCUT2D eigenvalue weighted by Crippen LogP contribution is 2.24. The molecule has 0 aromatic heterocycles. The highest BCUT2D eigenvalue weighted by molar-refractivity contribution is 5.89. The van der Waals surface area contributed by atoms with Gasteiger partial charge in [0.1, 0.15) is 5.60 Å². The van der Waals surface area contributed by atoms with Crippen molar-refractivity contribution in [2.75, 3.05) is 33.3 Å². The van der Waals surface area contributed by atoms with E-state index in [1.165, 1.54) is 17.6 Å². The summed E-state index contributed by atoms with van der Waals surface area (Å²) in [7, 11) is 1.48. The first kappa shape index (κ1) is 27.1. The second-order valence-corrected chi connectivity index (χ2v) is 8.03. The van der Waals surface area contributed by atoms with Gasteiger partial charge in [0.25, 0.3) is 12.4 Å². The maximum Gasteiger partial charge on any atom is 0.290 e. The lowest BCUT2D eigenvalue weighted by Gasteiger charge is -2.31. The van der Waals surface area contributed by atoms with E-state index in [9.17, 15) is 14.4 Å². The molecular formula is C23H35N3O6. The Morgan fingerprint density at radius 3 is 2.38 bits per heavy atom. The molecule has 178 valence electrons. The van der Waals surface area contributed by atoms with Gasteiger partial charge in [-0.25, -0.2) is 0 Å². The lowest BCUT2D eigenvalue weighted by molar-refractivity contribution is -0.153. The predicted octanol–water partition coefficient (Wildman–Crippen LogP) is 1.53. The van der Waals surface area contributed by atoms with Crippen LogP contribution in [0.4, 0.5) is 0 Å². The lowest BCUT2D eigenvalue weighted by atomic mass is 9.91. The highest BCUT2D eigenvalue weighted by atomic mass is 16.5. The van der Waals surface area contributed by atoms with Gasteiger partial charge < -0.3 is 25.4 Å². The Hall–Kier alpha value is -2.94. The van der Waals surface area contributed by atoms with Crippen molar-refractivity contribution in [3.8, 4) is 0 Å². The molecule has 9 nitrogen and oxygen atoms in total. The molecule has 32 heavy (non-hydrogen) atoms. The molecule has 0 spiro atoms. The molecule has 1 saturated heterocycles. The molecule has 1 aromatic rings. The molecule has 0 saturated carbocycles. The average molecular weight is 450 g/mol. The van der Waals surface area contributed by atoms with Crippen molar-refractivity contribution in [2.24, 2.45) is 0 Å². The minimum atomic E-state index is -1.01. The van der Waals surface area contributed by atoms with E-state index in [2.05, 4.69) is 22.8 Å². The molecule has 1 aliphatic heterocycles. The molecule has 1 unspecified atom stereocenters. The van der Waals surface area contributed by atoms with Gasteiger partial charge in [-0.3, -0.25) is 19.2 Å². The van der Waals surface area contributed by atoms with Gasteiger partial charge in [0.2, 0.25) is 11.8 Å². The van der Waals surface area contributed by atoms with Crippen molar-refractivity contribution in [3.05, 3.63) is 35.9 Å². The van der Waals surface area contributed by atoms with E-state index in [1.54, 1.807) is 13.8 Å². The Balaban J connectivity index is 0.00000161. The second-order valence-electron chi connectivity index (χ2n) is 8.03. The van der Waals surface area contributed by atoms with Crippen LogP contribution in [0.1, 0.15) is 51.0 Å². The molecule has 0 aliphatic carbocycles. The molecule has 2 rings (SSSR count). The van der Waals surface area contributed by atoms with Gasteiger partial charge in [0.15, 0.2) is 0 Å². The van der Waals surface area contributed by atoms with Crippen molar-refractivity contribution in [1.82, 2.24) is 15.5 Å². The molecule has 0 radical (unpaired) electrons. The van der Waals surface area contributed by atoms with E-state index in [4.69, 9.17) is 14.6 Å².